The minimum absolute atomic E-state index is 0.0489. The van der Waals surface area contributed by atoms with Crippen molar-refractivity contribution >= 4 is 28.3 Å². The minimum Gasteiger partial charge on any atom is -0.314 e. The number of para-hydroxylation sites is 1. The molecule has 0 bridgehead atoms. The molecule has 2 amide bonds. The molecule has 0 saturated heterocycles. The summed E-state index contributed by atoms with van der Waals surface area (Å²) < 4.78 is 1.62. The fraction of sp³-hybridized carbons (Fsp3) is 0.348. The molecule has 1 heterocycles. The van der Waals surface area contributed by atoms with Crippen molar-refractivity contribution in [1.82, 2.24) is 14.5 Å². The number of benzene rings is 2. The van der Waals surface area contributed by atoms with Gasteiger partial charge in [0, 0.05) is 30.9 Å². The van der Waals surface area contributed by atoms with Gasteiger partial charge in [-0.05, 0) is 44.0 Å². The number of rotatable bonds is 8. The van der Waals surface area contributed by atoms with E-state index in [1.54, 1.807) is 21.6 Å². The Morgan fingerprint density at radius 2 is 1.84 bits per heavy atom. The molecule has 0 spiro atoms. The molecule has 0 aliphatic heterocycles. The van der Waals surface area contributed by atoms with Gasteiger partial charge in [0.2, 0.25) is 0 Å². The average molecular weight is 438 g/mol. The number of nitro groups is 1. The Labute approximate surface area is 185 Å². The van der Waals surface area contributed by atoms with Crippen LogP contribution < -0.4 is 10.9 Å². The number of non-ortho nitro benzene ring substituents is 1. The van der Waals surface area contributed by atoms with Crippen LogP contribution in [-0.4, -0.2) is 32.0 Å². The third kappa shape index (κ3) is 4.61. The number of amides is 2. The molecule has 9 nitrogen and oxygen atoms in total. The van der Waals surface area contributed by atoms with Gasteiger partial charge >= 0.3 is 6.03 Å². The monoisotopic (exact) mass is 437 g/mol. The molecule has 0 aliphatic carbocycles. The first kappa shape index (κ1) is 22.9. The predicted molar refractivity (Wildman–Crippen MR) is 124 cm³/mol. The molecule has 0 fully saturated rings. The first-order valence-corrected chi connectivity index (χ1v) is 10.7. The molecule has 32 heavy (non-hydrogen) atoms. The molecule has 1 aromatic heterocycles. The largest absolute Gasteiger partial charge is 0.322 e. The maximum Gasteiger partial charge on any atom is 0.322 e. The van der Waals surface area contributed by atoms with E-state index in [2.05, 4.69) is 5.32 Å². The molecule has 168 valence electrons. The Balaban J connectivity index is 1.99. The SMILES string of the molecule is CCCN(C(=O)Nc1ccc([N+](=O)[O-])cc1)C(CC)c1nc2ccccc2c(=O)n1CC. The van der Waals surface area contributed by atoms with Crippen molar-refractivity contribution in [2.24, 2.45) is 0 Å². The van der Waals surface area contributed by atoms with Crippen molar-refractivity contribution in [1.29, 1.82) is 0 Å². The Morgan fingerprint density at radius 1 is 1.16 bits per heavy atom. The van der Waals surface area contributed by atoms with Crippen LogP contribution in [0.2, 0.25) is 0 Å². The van der Waals surface area contributed by atoms with Gasteiger partial charge in [-0.1, -0.05) is 26.0 Å². The molecular weight excluding hydrogens is 410 g/mol. The van der Waals surface area contributed by atoms with Gasteiger partial charge in [-0.2, -0.15) is 0 Å². The van der Waals surface area contributed by atoms with Crippen molar-refractivity contribution < 1.29 is 9.72 Å². The van der Waals surface area contributed by atoms with Gasteiger partial charge < -0.3 is 10.2 Å². The van der Waals surface area contributed by atoms with E-state index >= 15 is 0 Å². The first-order chi connectivity index (χ1) is 15.4. The highest BCUT2D eigenvalue weighted by molar-refractivity contribution is 5.89. The van der Waals surface area contributed by atoms with E-state index in [9.17, 15) is 19.7 Å². The summed E-state index contributed by atoms with van der Waals surface area (Å²) in [5.74, 6) is 0.547. The molecule has 9 heteroatoms. The number of carbonyl (C=O) groups is 1. The molecule has 1 unspecified atom stereocenters. The summed E-state index contributed by atoms with van der Waals surface area (Å²) in [4.78, 5) is 43.1. The fourth-order valence-electron chi connectivity index (χ4n) is 3.79. The van der Waals surface area contributed by atoms with Crippen LogP contribution in [0.1, 0.15) is 45.5 Å². The van der Waals surface area contributed by atoms with Crippen molar-refractivity contribution in [3.63, 3.8) is 0 Å². The van der Waals surface area contributed by atoms with Gasteiger partial charge in [0.25, 0.3) is 11.2 Å². The van der Waals surface area contributed by atoms with Gasteiger partial charge in [0.05, 0.1) is 21.9 Å². The first-order valence-electron chi connectivity index (χ1n) is 10.7. The summed E-state index contributed by atoms with van der Waals surface area (Å²) in [5, 5.41) is 14.2. The highest BCUT2D eigenvalue weighted by atomic mass is 16.6. The number of hydrogen-bond donors (Lipinski definition) is 1. The van der Waals surface area contributed by atoms with E-state index < -0.39 is 11.0 Å². The van der Waals surface area contributed by atoms with E-state index in [4.69, 9.17) is 4.98 Å². The predicted octanol–water partition coefficient (Wildman–Crippen LogP) is 4.72. The summed E-state index contributed by atoms with van der Waals surface area (Å²) in [6.07, 6.45) is 1.28. The molecule has 2 aromatic carbocycles. The van der Waals surface area contributed by atoms with Crippen molar-refractivity contribution in [3.05, 3.63) is 74.8 Å². The molecule has 1 atom stereocenters. The van der Waals surface area contributed by atoms with Crippen LogP contribution in [-0.2, 0) is 6.54 Å². The van der Waals surface area contributed by atoms with Crippen LogP contribution in [0.5, 0.6) is 0 Å². The van der Waals surface area contributed by atoms with Crippen LogP contribution >= 0.6 is 0 Å². The number of urea groups is 1. The molecule has 1 N–H and O–H groups in total. The van der Waals surface area contributed by atoms with Gasteiger partial charge in [-0.15, -0.1) is 0 Å². The van der Waals surface area contributed by atoms with Crippen LogP contribution in [0.25, 0.3) is 10.9 Å². The summed E-state index contributed by atoms with van der Waals surface area (Å²) in [5.41, 5.74) is 0.879. The summed E-state index contributed by atoms with van der Waals surface area (Å²) in [6, 6.07) is 12.1. The number of hydrogen-bond acceptors (Lipinski definition) is 5. The van der Waals surface area contributed by atoms with Crippen LogP contribution in [0.15, 0.2) is 53.3 Å². The third-order valence-corrected chi connectivity index (χ3v) is 5.32. The average Bonchev–Trinajstić information content (AvgIpc) is 2.79. The molecule has 0 radical (unpaired) electrons. The molecule has 3 rings (SSSR count). The molecular formula is C23H27N5O4. The lowest BCUT2D eigenvalue weighted by molar-refractivity contribution is -0.384. The van der Waals surface area contributed by atoms with E-state index in [0.29, 0.717) is 48.3 Å². The second-order valence-electron chi connectivity index (χ2n) is 7.39. The molecule has 0 aliphatic rings. The maximum absolute atomic E-state index is 13.2. The number of aromatic nitrogens is 2. The highest BCUT2D eigenvalue weighted by Crippen LogP contribution is 2.25. The van der Waals surface area contributed by atoms with E-state index in [-0.39, 0.29) is 17.3 Å². The number of nitro benzene ring substituents is 1. The molecule has 0 saturated carbocycles. The topological polar surface area (TPSA) is 110 Å². The summed E-state index contributed by atoms with van der Waals surface area (Å²) in [7, 11) is 0. The van der Waals surface area contributed by atoms with Gasteiger partial charge in [0.15, 0.2) is 0 Å². The number of anilines is 1. The van der Waals surface area contributed by atoms with E-state index in [1.807, 2.05) is 32.9 Å². The van der Waals surface area contributed by atoms with Gasteiger partial charge in [-0.25, -0.2) is 9.78 Å². The van der Waals surface area contributed by atoms with Crippen LogP contribution in [0.4, 0.5) is 16.2 Å². The Hall–Kier alpha value is -3.75. The van der Waals surface area contributed by atoms with Gasteiger partial charge in [0.1, 0.15) is 5.82 Å². The van der Waals surface area contributed by atoms with Crippen molar-refractivity contribution in [2.75, 3.05) is 11.9 Å². The van der Waals surface area contributed by atoms with E-state index in [1.165, 1.54) is 24.3 Å². The lowest BCUT2D eigenvalue weighted by Gasteiger charge is -2.32. The zero-order valence-corrected chi connectivity index (χ0v) is 18.4. The highest BCUT2D eigenvalue weighted by Gasteiger charge is 2.28. The van der Waals surface area contributed by atoms with Crippen molar-refractivity contribution in [2.45, 2.75) is 46.2 Å². The third-order valence-electron chi connectivity index (χ3n) is 5.32. The second kappa shape index (κ2) is 10.0. The number of carbonyl (C=O) groups excluding carboxylic acids is 1. The minimum atomic E-state index is -0.489. The Bertz CT molecular complexity index is 1170. The standard InChI is InChI=1S/C23H27N5O4/c1-4-15-27(23(30)24-16-11-13-17(14-12-16)28(31)32)20(5-2)21-25-19-10-8-7-9-18(19)22(29)26(21)6-3/h7-14,20H,4-6,15H2,1-3H3,(H,24,30). The smallest absolute Gasteiger partial charge is 0.314 e. The van der Waals surface area contributed by atoms with Crippen LogP contribution in [0, 0.1) is 10.1 Å². The summed E-state index contributed by atoms with van der Waals surface area (Å²) >= 11 is 0. The van der Waals surface area contributed by atoms with Crippen molar-refractivity contribution in [3.8, 4) is 0 Å². The molecule has 3 aromatic rings. The fourth-order valence-corrected chi connectivity index (χ4v) is 3.79. The number of nitrogens with one attached hydrogen (secondary N) is 1. The lowest BCUT2D eigenvalue weighted by atomic mass is 10.1. The zero-order chi connectivity index (χ0) is 23.3. The van der Waals surface area contributed by atoms with Gasteiger partial charge in [-0.3, -0.25) is 19.5 Å². The normalized spacial score (nSPS) is 11.8. The number of nitrogens with zero attached hydrogens (tertiary/aromatic N) is 4. The summed E-state index contributed by atoms with van der Waals surface area (Å²) in [6.45, 7) is 6.71. The quantitative estimate of drug-likeness (QED) is 0.405. The maximum atomic E-state index is 13.2. The second-order valence-corrected chi connectivity index (χ2v) is 7.39. The number of fused-ring (bicyclic) bond motifs is 1. The Morgan fingerprint density at radius 3 is 2.44 bits per heavy atom. The zero-order valence-electron chi connectivity index (χ0n) is 18.4. The Kier molecular flexibility index (Phi) is 7.19. The van der Waals surface area contributed by atoms with Crippen LogP contribution in [0.3, 0.4) is 0 Å². The van der Waals surface area contributed by atoms with E-state index in [0.717, 1.165) is 0 Å². The lowest BCUT2D eigenvalue weighted by Crippen LogP contribution is -2.41.